The first-order valence-electron chi connectivity index (χ1n) is 6.13. The lowest BCUT2D eigenvalue weighted by molar-refractivity contribution is 0.266. The molecule has 2 aromatic rings. The van der Waals surface area contributed by atoms with Crippen LogP contribution in [0.2, 0.25) is 0 Å². The molecule has 106 valence electrons. The molecule has 0 aliphatic rings. The zero-order valence-corrected chi connectivity index (χ0v) is 12.6. The fraction of sp³-hybridized carbons (Fsp3) is 0.308. The number of nitrogens with zero attached hydrogens (tertiary/aromatic N) is 3. The number of halogens is 1. The summed E-state index contributed by atoms with van der Waals surface area (Å²) >= 11 is 3.25. The van der Waals surface area contributed by atoms with Crippen molar-refractivity contribution in [1.29, 1.82) is 0 Å². The topological polar surface area (TPSA) is 80.0 Å². The van der Waals surface area contributed by atoms with Gasteiger partial charge >= 0.3 is 0 Å². The summed E-state index contributed by atoms with van der Waals surface area (Å²) in [6, 6.07) is 3.91. The van der Waals surface area contributed by atoms with E-state index in [0.717, 1.165) is 11.3 Å². The Morgan fingerprint density at radius 2 is 2.20 bits per heavy atom. The maximum atomic E-state index is 11.9. The van der Waals surface area contributed by atoms with Crippen LogP contribution in [0.5, 0.6) is 0 Å². The van der Waals surface area contributed by atoms with Crippen molar-refractivity contribution in [3.05, 3.63) is 50.6 Å². The number of rotatable bonds is 5. The van der Waals surface area contributed by atoms with Crippen molar-refractivity contribution in [2.24, 2.45) is 0 Å². The molecular weight excluding hydrogens is 324 g/mol. The van der Waals surface area contributed by atoms with E-state index in [9.17, 15) is 4.79 Å². The third-order valence-corrected chi connectivity index (χ3v) is 3.52. The van der Waals surface area contributed by atoms with Crippen molar-refractivity contribution >= 4 is 21.6 Å². The molecule has 2 aromatic heterocycles. The monoisotopic (exact) mass is 338 g/mol. The Balaban J connectivity index is 2.12. The fourth-order valence-electron chi connectivity index (χ4n) is 1.64. The van der Waals surface area contributed by atoms with Gasteiger partial charge in [-0.05, 0) is 34.5 Å². The Morgan fingerprint density at radius 1 is 1.40 bits per heavy atom. The average Bonchev–Trinajstić information content (AvgIpc) is 2.45. The first-order chi connectivity index (χ1) is 9.61. The first kappa shape index (κ1) is 14.7. The summed E-state index contributed by atoms with van der Waals surface area (Å²) in [5.74, 6) is 0. The van der Waals surface area contributed by atoms with Gasteiger partial charge in [0.15, 0.2) is 0 Å². The van der Waals surface area contributed by atoms with Gasteiger partial charge in [0.1, 0.15) is 4.47 Å². The summed E-state index contributed by atoms with van der Waals surface area (Å²) in [6.07, 6.45) is 3.35. The summed E-state index contributed by atoms with van der Waals surface area (Å²) in [5, 5.41) is 16.0. The largest absolute Gasteiger partial charge is 0.394 e. The Hall–Kier alpha value is -1.73. The van der Waals surface area contributed by atoms with E-state index in [-0.39, 0.29) is 18.7 Å². The highest BCUT2D eigenvalue weighted by molar-refractivity contribution is 9.10. The summed E-state index contributed by atoms with van der Waals surface area (Å²) in [7, 11) is 0. The van der Waals surface area contributed by atoms with Crippen LogP contribution in [0.3, 0.4) is 0 Å². The van der Waals surface area contributed by atoms with E-state index in [1.165, 1.54) is 4.68 Å². The van der Waals surface area contributed by atoms with E-state index in [1.54, 1.807) is 12.4 Å². The predicted octanol–water partition coefficient (Wildman–Crippen LogP) is 1.31. The molecule has 0 aliphatic carbocycles. The molecule has 20 heavy (non-hydrogen) atoms. The molecule has 0 saturated carbocycles. The second-order valence-corrected chi connectivity index (χ2v) is 5.08. The van der Waals surface area contributed by atoms with Crippen LogP contribution in [0, 0.1) is 6.92 Å². The highest BCUT2D eigenvalue weighted by atomic mass is 79.9. The second-order valence-electron chi connectivity index (χ2n) is 4.29. The molecule has 0 aromatic carbocycles. The van der Waals surface area contributed by atoms with Gasteiger partial charge in [0, 0.05) is 18.4 Å². The Kier molecular flexibility index (Phi) is 4.86. The standard InChI is InChI=1S/C13H15BrN4O2/c1-9-2-3-10(6-15-9)7-16-11-8-17-18(4-5-19)13(20)12(11)14/h2-3,6,8,16,19H,4-5,7H2,1H3. The number of aliphatic hydroxyl groups excluding tert-OH is 1. The molecule has 2 heterocycles. The highest BCUT2D eigenvalue weighted by Crippen LogP contribution is 2.17. The van der Waals surface area contributed by atoms with Crippen LogP contribution in [0.25, 0.3) is 0 Å². The lowest BCUT2D eigenvalue weighted by Crippen LogP contribution is -2.25. The maximum absolute atomic E-state index is 11.9. The number of anilines is 1. The molecule has 0 saturated heterocycles. The van der Waals surface area contributed by atoms with Crippen molar-refractivity contribution in [2.75, 3.05) is 11.9 Å². The lowest BCUT2D eigenvalue weighted by Gasteiger charge is -2.10. The molecule has 0 bridgehead atoms. The number of nitrogens with one attached hydrogen (secondary N) is 1. The van der Waals surface area contributed by atoms with Crippen LogP contribution in [-0.2, 0) is 13.1 Å². The summed E-state index contributed by atoms with van der Waals surface area (Å²) in [4.78, 5) is 16.1. The number of pyridine rings is 1. The van der Waals surface area contributed by atoms with Crippen LogP contribution in [0.4, 0.5) is 5.69 Å². The summed E-state index contributed by atoms with van der Waals surface area (Å²) < 4.78 is 1.61. The molecular formula is C13H15BrN4O2. The van der Waals surface area contributed by atoms with E-state index >= 15 is 0 Å². The van der Waals surface area contributed by atoms with Crippen molar-refractivity contribution in [3.63, 3.8) is 0 Å². The molecule has 0 atom stereocenters. The minimum atomic E-state index is -0.272. The van der Waals surface area contributed by atoms with Crippen LogP contribution in [0.15, 0.2) is 33.8 Å². The maximum Gasteiger partial charge on any atom is 0.283 e. The van der Waals surface area contributed by atoms with Gasteiger partial charge in [-0.2, -0.15) is 5.10 Å². The van der Waals surface area contributed by atoms with Crippen molar-refractivity contribution < 1.29 is 5.11 Å². The van der Waals surface area contributed by atoms with E-state index in [1.807, 2.05) is 19.1 Å². The first-order valence-corrected chi connectivity index (χ1v) is 6.93. The van der Waals surface area contributed by atoms with Gasteiger partial charge in [-0.1, -0.05) is 6.07 Å². The Labute approximate surface area is 124 Å². The van der Waals surface area contributed by atoms with E-state index < -0.39 is 0 Å². The SMILES string of the molecule is Cc1ccc(CNc2cnn(CCO)c(=O)c2Br)cn1. The van der Waals surface area contributed by atoms with E-state index in [4.69, 9.17) is 5.11 Å². The predicted molar refractivity (Wildman–Crippen MR) is 79.6 cm³/mol. The molecule has 0 spiro atoms. The smallest absolute Gasteiger partial charge is 0.283 e. The molecule has 0 radical (unpaired) electrons. The molecule has 0 amide bonds. The molecule has 2 N–H and O–H groups in total. The van der Waals surface area contributed by atoms with Crippen LogP contribution in [0.1, 0.15) is 11.3 Å². The number of aromatic nitrogens is 3. The molecule has 0 unspecified atom stereocenters. The average molecular weight is 339 g/mol. The number of hydrogen-bond acceptors (Lipinski definition) is 5. The second kappa shape index (κ2) is 6.62. The van der Waals surface area contributed by atoms with Gasteiger partial charge in [-0.3, -0.25) is 9.78 Å². The van der Waals surface area contributed by atoms with Crippen molar-refractivity contribution in [2.45, 2.75) is 20.0 Å². The number of hydrogen-bond donors (Lipinski definition) is 2. The van der Waals surface area contributed by atoms with Gasteiger partial charge < -0.3 is 10.4 Å². The van der Waals surface area contributed by atoms with E-state index in [0.29, 0.717) is 16.7 Å². The summed E-state index contributed by atoms with van der Waals surface area (Å²) in [6.45, 7) is 2.54. The van der Waals surface area contributed by atoms with Gasteiger partial charge in [-0.25, -0.2) is 4.68 Å². The van der Waals surface area contributed by atoms with Crippen molar-refractivity contribution in [3.8, 4) is 0 Å². The molecule has 0 aliphatic heterocycles. The van der Waals surface area contributed by atoms with Crippen LogP contribution in [-0.4, -0.2) is 26.5 Å². The normalized spacial score (nSPS) is 10.6. The van der Waals surface area contributed by atoms with E-state index in [2.05, 4.69) is 31.3 Å². The Bertz CT molecular complexity index is 640. The highest BCUT2D eigenvalue weighted by Gasteiger charge is 2.08. The molecule has 6 nitrogen and oxygen atoms in total. The van der Waals surface area contributed by atoms with Crippen LogP contribution >= 0.6 is 15.9 Å². The molecule has 0 fully saturated rings. The van der Waals surface area contributed by atoms with Crippen molar-refractivity contribution in [1.82, 2.24) is 14.8 Å². The third-order valence-electron chi connectivity index (χ3n) is 2.75. The zero-order valence-electron chi connectivity index (χ0n) is 11.0. The molecule has 7 heteroatoms. The minimum Gasteiger partial charge on any atom is -0.394 e. The minimum absolute atomic E-state index is 0.124. The fourth-order valence-corrected chi connectivity index (χ4v) is 2.09. The quantitative estimate of drug-likeness (QED) is 0.859. The van der Waals surface area contributed by atoms with Gasteiger partial charge in [0.2, 0.25) is 0 Å². The van der Waals surface area contributed by atoms with Crippen LogP contribution < -0.4 is 10.9 Å². The van der Waals surface area contributed by atoms with Gasteiger partial charge in [-0.15, -0.1) is 0 Å². The molecule has 2 rings (SSSR count). The number of aryl methyl sites for hydroxylation is 1. The zero-order chi connectivity index (χ0) is 14.5. The number of aliphatic hydroxyl groups is 1. The Morgan fingerprint density at radius 3 is 2.85 bits per heavy atom. The lowest BCUT2D eigenvalue weighted by atomic mass is 10.2. The summed E-state index contributed by atoms with van der Waals surface area (Å²) in [5.41, 5.74) is 2.32. The van der Waals surface area contributed by atoms with Gasteiger partial charge in [0.25, 0.3) is 5.56 Å². The van der Waals surface area contributed by atoms with Gasteiger partial charge in [0.05, 0.1) is 25.0 Å². The third kappa shape index (κ3) is 3.43.